The van der Waals surface area contributed by atoms with Gasteiger partial charge in [0.2, 0.25) is 11.9 Å². The summed E-state index contributed by atoms with van der Waals surface area (Å²) in [6.07, 6.45) is 6.20. The molecule has 0 amide bonds. The van der Waals surface area contributed by atoms with E-state index in [2.05, 4.69) is 39.4 Å². The number of hydrogen-bond acceptors (Lipinski definition) is 6. The highest BCUT2D eigenvalue weighted by Gasteiger charge is 2.28. The van der Waals surface area contributed by atoms with Crippen LogP contribution in [0.4, 0.5) is 11.9 Å². The van der Waals surface area contributed by atoms with E-state index >= 15 is 0 Å². The Morgan fingerprint density at radius 2 is 1.75 bits per heavy atom. The molecular formula is C14H25N5O. The van der Waals surface area contributed by atoms with Crippen molar-refractivity contribution in [1.29, 1.82) is 0 Å². The Labute approximate surface area is 120 Å². The second kappa shape index (κ2) is 6.72. The summed E-state index contributed by atoms with van der Waals surface area (Å²) in [7, 11) is 1.57. The van der Waals surface area contributed by atoms with Crippen LogP contribution in [0, 0.1) is 5.41 Å². The maximum atomic E-state index is 5.13. The van der Waals surface area contributed by atoms with E-state index in [0.717, 1.165) is 19.5 Å². The maximum Gasteiger partial charge on any atom is 0.322 e. The van der Waals surface area contributed by atoms with Crippen LogP contribution in [0.3, 0.4) is 0 Å². The minimum atomic E-state index is 0.345. The Hall–Kier alpha value is -1.59. The van der Waals surface area contributed by atoms with Crippen molar-refractivity contribution >= 4 is 11.9 Å². The van der Waals surface area contributed by atoms with Crippen molar-refractivity contribution in [1.82, 2.24) is 15.0 Å². The van der Waals surface area contributed by atoms with E-state index in [4.69, 9.17) is 4.74 Å². The monoisotopic (exact) mass is 279 g/mol. The van der Waals surface area contributed by atoms with Crippen LogP contribution in [-0.2, 0) is 0 Å². The minimum absolute atomic E-state index is 0.345. The van der Waals surface area contributed by atoms with Gasteiger partial charge in [-0.05, 0) is 24.7 Å². The normalized spacial score (nSPS) is 16.9. The topological polar surface area (TPSA) is 72.0 Å². The lowest BCUT2D eigenvalue weighted by Gasteiger charge is -2.23. The molecule has 1 aromatic heterocycles. The summed E-state index contributed by atoms with van der Waals surface area (Å²) in [5, 5.41) is 6.50. The molecule has 0 unspecified atom stereocenters. The van der Waals surface area contributed by atoms with E-state index in [9.17, 15) is 0 Å². The van der Waals surface area contributed by atoms with Crippen LogP contribution in [0.1, 0.15) is 46.0 Å². The average Bonchev–Trinajstić information content (AvgIpc) is 2.90. The van der Waals surface area contributed by atoms with Gasteiger partial charge < -0.3 is 15.4 Å². The fraction of sp³-hybridized carbons (Fsp3) is 0.786. The van der Waals surface area contributed by atoms with Crippen molar-refractivity contribution in [3.8, 4) is 6.01 Å². The molecule has 0 aliphatic heterocycles. The van der Waals surface area contributed by atoms with Crippen LogP contribution in [-0.4, -0.2) is 35.2 Å². The molecule has 20 heavy (non-hydrogen) atoms. The van der Waals surface area contributed by atoms with Gasteiger partial charge in [0.25, 0.3) is 0 Å². The quantitative estimate of drug-likeness (QED) is 0.799. The molecule has 6 nitrogen and oxygen atoms in total. The van der Waals surface area contributed by atoms with Crippen molar-refractivity contribution in [2.45, 2.75) is 46.0 Å². The average molecular weight is 279 g/mol. The molecule has 1 heterocycles. The molecule has 0 saturated heterocycles. The zero-order valence-electron chi connectivity index (χ0n) is 12.7. The van der Waals surface area contributed by atoms with Crippen LogP contribution >= 0.6 is 0 Å². The smallest absolute Gasteiger partial charge is 0.322 e. The second-order valence-electron chi connectivity index (χ2n) is 5.77. The van der Waals surface area contributed by atoms with Gasteiger partial charge in [0.1, 0.15) is 0 Å². The Morgan fingerprint density at radius 3 is 2.35 bits per heavy atom. The van der Waals surface area contributed by atoms with Crippen LogP contribution in [0.5, 0.6) is 6.01 Å². The van der Waals surface area contributed by atoms with E-state index in [1.165, 1.54) is 25.7 Å². The summed E-state index contributed by atoms with van der Waals surface area (Å²) in [6.45, 7) is 6.16. The highest BCUT2D eigenvalue weighted by molar-refractivity contribution is 5.36. The fourth-order valence-electron chi connectivity index (χ4n) is 2.54. The Kier molecular flexibility index (Phi) is 4.98. The second-order valence-corrected chi connectivity index (χ2v) is 5.77. The van der Waals surface area contributed by atoms with Crippen molar-refractivity contribution in [3.05, 3.63) is 0 Å². The first kappa shape index (κ1) is 14.8. The van der Waals surface area contributed by atoms with Crippen molar-refractivity contribution in [2.75, 3.05) is 30.8 Å². The van der Waals surface area contributed by atoms with Gasteiger partial charge in [0, 0.05) is 13.1 Å². The number of rotatable bonds is 7. The van der Waals surface area contributed by atoms with Gasteiger partial charge in [-0.15, -0.1) is 0 Å². The minimum Gasteiger partial charge on any atom is -0.467 e. The molecule has 1 aliphatic carbocycles. The van der Waals surface area contributed by atoms with E-state index in [1.54, 1.807) is 7.11 Å². The first-order valence-electron chi connectivity index (χ1n) is 7.43. The fourth-order valence-corrected chi connectivity index (χ4v) is 2.54. The Bertz CT molecular complexity index is 432. The first-order valence-corrected chi connectivity index (χ1v) is 7.43. The maximum absolute atomic E-state index is 5.13. The molecule has 2 N–H and O–H groups in total. The van der Waals surface area contributed by atoms with Gasteiger partial charge in [-0.1, -0.05) is 26.7 Å². The summed E-state index contributed by atoms with van der Waals surface area (Å²) >= 11 is 0. The number of nitrogens with zero attached hydrogens (tertiary/aromatic N) is 3. The number of anilines is 2. The van der Waals surface area contributed by atoms with Crippen LogP contribution in [0.2, 0.25) is 0 Å². The lowest BCUT2D eigenvalue weighted by Crippen LogP contribution is -2.24. The van der Waals surface area contributed by atoms with Crippen LogP contribution in [0.15, 0.2) is 0 Å². The molecule has 2 rings (SSSR count). The van der Waals surface area contributed by atoms with Crippen molar-refractivity contribution in [2.24, 2.45) is 5.41 Å². The third kappa shape index (κ3) is 3.95. The van der Waals surface area contributed by atoms with Gasteiger partial charge in [-0.3, -0.25) is 0 Å². The standard InChI is InChI=1S/C14H25N5O/c1-4-9-15-11-17-12(19-13(18-11)20-3)16-10-14(2)7-5-6-8-14/h4-10H2,1-3H3,(H2,15,16,17,18,19). The zero-order chi connectivity index (χ0) is 14.4. The van der Waals surface area contributed by atoms with E-state index in [0.29, 0.717) is 23.3 Å². The molecule has 112 valence electrons. The predicted octanol–water partition coefficient (Wildman–Crippen LogP) is 2.69. The summed E-state index contributed by atoms with van der Waals surface area (Å²) in [4.78, 5) is 12.8. The zero-order valence-corrected chi connectivity index (χ0v) is 12.7. The molecule has 0 radical (unpaired) electrons. The molecular weight excluding hydrogens is 254 g/mol. The third-order valence-corrected chi connectivity index (χ3v) is 3.81. The van der Waals surface area contributed by atoms with E-state index < -0.39 is 0 Å². The van der Waals surface area contributed by atoms with Crippen LogP contribution < -0.4 is 15.4 Å². The number of hydrogen-bond donors (Lipinski definition) is 2. The number of nitrogens with one attached hydrogen (secondary N) is 2. The summed E-state index contributed by atoms with van der Waals surface area (Å²) in [5.41, 5.74) is 0.358. The molecule has 0 atom stereocenters. The summed E-state index contributed by atoms with van der Waals surface area (Å²) in [6, 6.07) is 0.345. The molecule has 1 aromatic rings. The number of ether oxygens (including phenoxy) is 1. The van der Waals surface area contributed by atoms with Gasteiger partial charge >= 0.3 is 6.01 Å². The van der Waals surface area contributed by atoms with E-state index in [1.807, 2.05) is 0 Å². The predicted molar refractivity (Wildman–Crippen MR) is 80.2 cm³/mol. The van der Waals surface area contributed by atoms with Gasteiger partial charge in [-0.2, -0.15) is 15.0 Å². The highest BCUT2D eigenvalue weighted by atomic mass is 16.5. The van der Waals surface area contributed by atoms with Gasteiger partial charge in [0.05, 0.1) is 7.11 Å². The lowest BCUT2D eigenvalue weighted by atomic mass is 9.89. The van der Waals surface area contributed by atoms with Gasteiger partial charge in [-0.25, -0.2) is 0 Å². The molecule has 0 aromatic carbocycles. The SMILES string of the molecule is CCCNc1nc(NCC2(C)CCCC2)nc(OC)n1. The van der Waals surface area contributed by atoms with Crippen molar-refractivity contribution in [3.63, 3.8) is 0 Å². The third-order valence-electron chi connectivity index (χ3n) is 3.81. The van der Waals surface area contributed by atoms with E-state index in [-0.39, 0.29) is 0 Å². The molecule has 1 fully saturated rings. The molecule has 0 bridgehead atoms. The van der Waals surface area contributed by atoms with Crippen LogP contribution in [0.25, 0.3) is 0 Å². The Morgan fingerprint density at radius 1 is 1.10 bits per heavy atom. The molecule has 1 saturated carbocycles. The highest BCUT2D eigenvalue weighted by Crippen LogP contribution is 2.37. The first-order chi connectivity index (χ1) is 9.65. The van der Waals surface area contributed by atoms with Crippen molar-refractivity contribution < 1.29 is 4.74 Å². The lowest BCUT2D eigenvalue weighted by molar-refractivity contribution is 0.359. The molecule has 1 aliphatic rings. The van der Waals surface area contributed by atoms with Gasteiger partial charge in [0.15, 0.2) is 0 Å². The summed E-state index contributed by atoms with van der Waals surface area (Å²) < 4.78 is 5.13. The summed E-state index contributed by atoms with van der Waals surface area (Å²) in [5.74, 6) is 1.15. The Balaban J connectivity index is 2.01. The molecule has 0 spiro atoms. The largest absolute Gasteiger partial charge is 0.467 e. The number of methoxy groups -OCH3 is 1. The molecule has 6 heteroatoms. The number of aromatic nitrogens is 3.